The average Bonchev–Trinajstić information content (AvgIpc) is 2.30. The molecule has 1 saturated carbocycles. The molecule has 0 aromatic heterocycles. The molecule has 0 bridgehead atoms. The van der Waals surface area contributed by atoms with E-state index >= 15 is 0 Å². The second kappa shape index (κ2) is 5.68. The predicted octanol–water partition coefficient (Wildman–Crippen LogP) is 3.91. The lowest BCUT2D eigenvalue weighted by molar-refractivity contribution is 0.227. The summed E-state index contributed by atoms with van der Waals surface area (Å²) < 4.78 is 0. The maximum atomic E-state index is 3.75. The van der Waals surface area contributed by atoms with Crippen LogP contribution in [-0.4, -0.2) is 6.04 Å². The van der Waals surface area contributed by atoms with Crippen LogP contribution in [0.4, 0.5) is 0 Å². The fourth-order valence-corrected chi connectivity index (χ4v) is 2.89. The summed E-state index contributed by atoms with van der Waals surface area (Å²) in [5.41, 5.74) is 2.77. The van der Waals surface area contributed by atoms with E-state index in [1.165, 1.54) is 30.4 Å². The van der Waals surface area contributed by atoms with Crippen LogP contribution in [0.15, 0.2) is 24.3 Å². The van der Waals surface area contributed by atoms with Crippen LogP contribution in [0.2, 0.25) is 0 Å². The Morgan fingerprint density at radius 1 is 1.24 bits per heavy atom. The fraction of sp³-hybridized carbons (Fsp3) is 0.625. The summed E-state index contributed by atoms with van der Waals surface area (Å²) in [5, 5.41) is 3.75. The van der Waals surface area contributed by atoms with E-state index in [-0.39, 0.29) is 0 Å². The predicted molar refractivity (Wildman–Crippen MR) is 74.0 cm³/mol. The first-order valence-electron chi connectivity index (χ1n) is 6.94. The van der Waals surface area contributed by atoms with Crippen molar-refractivity contribution in [1.82, 2.24) is 5.32 Å². The Bertz CT molecular complexity index is 358. The van der Waals surface area contributed by atoms with Crippen molar-refractivity contribution in [2.75, 3.05) is 0 Å². The van der Waals surface area contributed by atoms with E-state index in [4.69, 9.17) is 0 Å². The highest BCUT2D eigenvalue weighted by Crippen LogP contribution is 2.28. The van der Waals surface area contributed by atoms with Gasteiger partial charge in [0.1, 0.15) is 0 Å². The quantitative estimate of drug-likeness (QED) is 0.831. The van der Waals surface area contributed by atoms with Gasteiger partial charge in [0.2, 0.25) is 0 Å². The van der Waals surface area contributed by atoms with E-state index in [0.29, 0.717) is 6.04 Å². The van der Waals surface area contributed by atoms with E-state index < -0.39 is 0 Å². The minimum absolute atomic E-state index is 0.708. The van der Waals surface area contributed by atoms with Crippen LogP contribution in [0.5, 0.6) is 0 Å². The molecule has 94 valence electrons. The van der Waals surface area contributed by atoms with Crippen LogP contribution < -0.4 is 5.32 Å². The Hall–Kier alpha value is -0.820. The average molecular weight is 231 g/mol. The van der Waals surface area contributed by atoms with Gasteiger partial charge in [0.05, 0.1) is 0 Å². The van der Waals surface area contributed by atoms with Crippen molar-refractivity contribution in [3.63, 3.8) is 0 Å². The Kier molecular flexibility index (Phi) is 4.22. The van der Waals surface area contributed by atoms with Crippen LogP contribution in [0, 0.1) is 18.8 Å². The summed E-state index contributed by atoms with van der Waals surface area (Å²) in [4.78, 5) is 0. The third-order valence-corrected chi connectivity index (χ3v) is 4.11. The summed E-state index contributed by atoms with van der Waals surface area (Å²) in [5.74, 6) is 1.72. The lowest BCUT2D eigenvalue weighted by Gasteiger charge is -2.33. The number of hydrogen-bond acceptors (Lipinski definition) is 1. The highest BCUT2D eigenvalue weighted by atomic mass is 14.9. The second-order valence-corrected chi connectivity index (χ2v) is 5.87. The molecule has 1 nitrogen and oxygen atoms in total. The summed E-state index contributed by atoms with van der Waals surface area (Å²) in [6, 6.07) is 9.52. The van der Waals surface area contributed by atoms with E-state index in [0.717, 1.165) is 18.4 Å². The van der Waals surface area contributed by atoms with Crippen LogP contribution in [0.3, 0.4) is 0 Å². The molecule has 0 amide bonds. The SMILES string of the molecule is Cc1cccc(CNC2CC(C)CCC2C)c1. The largest absolute Gasteiger partial charge is 0.310 e. The number of benzene rings is 1. The minimum atomic E-state index is 0.708. The molecule has 0 radical (unpaired) electrons. The van der Waals surface area contributed by atoms with Gasteiger partial charge in [0.15, 0.2) is 0 Å². The van der Waals surface area contributed by atoms with Gasteiger partial charge in [-0.05, 0) is 37.2 Å². The monoisotopic (exact) mass is 231 g/mol. The molecule has 3 unspecified atom stereocenters. The van der Waals surface area contributed by atoms with Crippen molar-refractivity contribution in [1.29, 1.82) is 0 Å². The third kappa shape index (κ3) is 3.57. The molecular weight excluding hydrogens is 206 g/mol. The number of aryl methyl sites for hydroxylation is 1. The first-order valence-corrected chi connectivity index (χ1v) is 6.94. The van der Waals surface area contributed by atoms with Gasteiger partial charge in [-0.3, -0.25) is 0 Å². The van der Waals surface area contributed by atoms with Crippen molar-refractivity contribution in [3.8, 4) is 0 Å². The van der Waals surface area contributed by atoms with Crippen molar-refractivity contribution in [3.05, 3.63) is 35.4 Å². The van der Waals surface area contributed by atoms with Gasteiger partial charge in [-0.2, -0.15) is 0 Å². The molecule has 0 aliphatic heterocycles. The second-order valence-electron chi connectivity index (χ2n) is 5.87. The van der Waals surface area contributed by atoms with Crippen molar-refractivity contribution >= 4 is 0 Å². The van der Waals surface area contributed by atoms with Crippen molar-refractivity contribution in [2.45, 2.75) is 52.6 Å². The first-order chi connectivity index (χ1) is 8.15. The molecule has 0 heterocycles. The maximum absolute atomic E-state index is 3.75. The molecule has 3 atom stereocenters. The van der Waals surface area contributed by atoms with E-state index in [1.807, 2.05) is 0 Å². The molecule has 1 aliphatic rings. The lowest BCUT2D eigenvalue weighted by atomic mass is 9.80. The van der Waals surface area contributed by atoms with Gasteiger partial charge in [-0.25, -0.2) is 0 Å². The highest BCUT2D eigenvalue weighted by molar-refractivity contribution is 5.22. The summed E-state index contributed by atoms with van der Waals surface area (Å²) in [7, 11) is 0. The Labute approximate surface area is 106 Å². The molecule has 17 heavy (non-hydrogen) atoms. The van der Waals surface area contributed by atoms with Crippen LogP contribution in [-0.2, 0) is 6.54 Å². The fourth-order valence-electron chi connectivity index (χ4n) is 2.89. The standard InChI is InChI=1S/C16H25N/c1-12-5-4-6-15(9-12)11-17-16-10-13(2)7-8-14(16)3/h4-6,9,13-14,16-17H,7-8,10-11H2,1-3H3. The topological polar surface area (TPSA) is 12.0 Å². The molecule has 0 saturated heterocycles. The number of hydrogen-bond donors (Lipinski definition) is 1. The molecule has 0 spiro atoms. The number of rotatable bonds is 3. The van der Waals surface area contributed by atoms with Crippen molar-refractivity contribution < 1.29 is 0 Å². The van der Waals surface area contributed by atoms with Crippen LogP contribution >= 0.6 is 0 Å². The van der Waals surface area contributed by atoms with Crippen LogP contribution in [0.25, 0.3) is 0 Å². The highest BCUT2D eigenvalue weighted by Gasteiger charge is 2.24. The summed E-state index contributed by atoms with van der Waals surface area (Å²) >= 11 is 0. The molecule has 1 fully saturated rings. The van der Waals surface area contributed by atoms with Gasteiger partial charge in [0, 0.05) is 12.6 Å². The van der Waals surface area contributed by atoms with Gasteiger partial charge >= 0.3 is 0 Å². The van der Waals surface area contributed by atoms with Gasteiger partial charge in [-0.1, -0.05) is 50.1 Å². The maximum Gasteiger partial charge on any atom is 0.0208 e. The zero-order valence-electron chi connectivity index (χ0n) is 11.4. The van der Waals surface area contributed by atoms with E-state index in [2.05, 4.69) is 50.4 Å². The van der Waals surface area contributed by atoms with Gasteiger partial charge in [-0.15, -0.1) is 0 Å². The Balaban J connectivity index is 1.88. The van der Waals surface area contributed by atoms with Gasteiger partial charge in [0.25, 0.3) is 0 Å². The molecule has 1 N–H and O–H groups in total. The molecular formula is C16H25N. The van der Waals surface area contributed by atoms with E-state index in [9.17, 15) is 0 Å². The zero-order chi connectivity index (χ0) is 12.3. The molecule has 2 rings (SSSR count). The Morgan fingerprint density at radius 2 is 2.06 bits per heavy atom. The van der Waals surface area contributed by atoms with E-state index in [1.54, 1.807) is 0 Å². The van der Waals surface area contributed by atoms with Crippen molar-refractivity contribution in [2.24, 2.45) is 11.8 Å². The minimum Gasteiger partial charge on any atom is -0.310 e. The third-order valence-electron chi connectivity index (χ3n) is 4.11. The summed E-state index contributed by atoms with van der Waals surface area (Å²) in [6.07, 6.45) is 4.13. The molecule has 1 aromatic carbocycles. The smallest absolute Gasteiger partial charge is 0.0208 e. The first kappa shape index (κ1) is 12.6. The number of nitrogens with one attached hydrogen (secondary N) is 1. The molecule has 1 aromatic rings. The van der Waals surface area contributed by atoms with Gasteiger partial charge < -0.3 is 5.32 Å². The molecule has 1 aliphatic carbocycles. The Morgan fingerprint density at radius 3 is 2.82 bits per heavy atom. The lowest BCUT2D eigenvalue weighted by Crippen LogP contribution is -2.39. The normalized spacial score (nSPS) is 29.2. The summed E-state index contributed by atoms with van der Waals surface area (Å²) in [6.45, 7) is 7.95. The van der Waals surface area contributed by atoms with Crippen LogP contribution in [0.1, 0.15) is 44.2 Å². The zero-order valence-corrected chi connectivity index (χ0v) is 11.4. The molecule has 1 heteroatoms.